The number of rotatable bonds is 5. The molecule has 1 aromatic heterocycles. The van der Waals surface area contributed by atoms with Gasteiger partial charge in [0.25, 0.3) is 5.91 Å². The maximum Gasteiger partial charge on any atom is 0.284 e. The fraction of sp³-hybridized carbons (Fsp3) is 0.182. The third kappa shape index (κ3) is 3.73. The average Bonchev–Trinajstić information content (AvgIpc) is 3.43. The molecule has 1 unspecified atom stereocenters. The zero-order chi connectivity index (χ0) is 20.4. The van der Waals surface area contributed by atoms with E-state index in [4.69, 9.17) is 26.2 Å². The van der Waals surface area contributed by atoms with Gasteiger partial charge in [-0.05, 0) is 35.2 Å². The minimum absolute atomic E-state index is 0.146. The van der Waals surface area contributed by atoms with E-state index in [2.05, 4.69) is 0 Å². The maximum absolute atomic E-state index is 13.2. The summed E-state index contributed by atoms with van der Waals surface area (Å²) in [5, 5.41) is 8.73. The molecule has 4 rings (SSSR count). The second-order valence-corrected chi connectivity index (χ2v) is 7.84. The number of hydrogen-bond acceptors (Lipinski definition) is 5. The SMILES string of the molecule is COc1ccc(C2=NN(C(=O)c3cccs3)C(c3ccccc3Cl)C2)c(OC)c1. The van der Waals surface area contributed by atoms with E-state index in [1.807, 2.05) is 53.9 Å². The normalized spacial score (nSPS) is 15.9. The fourth-order valence-electron chi connectivity index (χ4n) is 3.40. The molecule has 0 bridgehead atoms. The van der Waals surface area contributed by atoms with Crippen LogP contribution in [0.5, 0.6) is 11.5 Å². The first kappa shape index (κ1) is 19.5. The first-order valence-electron chi connectivity index (χ1n) is 9.03. The monoisotopic (exact) mass is 426 g/mol. The minimum atomic E-state index is -0.292. The highest BCUT2D eigenvalue weighted by molar-refractivity contribution is 7.12. The number of benzene rings is 2. The summed E-state index contributed by atoms with van der Waals surface area (Å²) in [7, 11) is 3.21. The first-order valence-corrected chi connectivity index (χ1v) is 10.3. The quantitative estimate of drug-likeness (QED) is 0.548. The lowest BCUT2D eigenvalue weighted by atomic mass is 9.97. The van der Waals surface area contributed by atoms with Crippen LogP contribution >= 0.6 is 22.9 Å². The second kappa shape index (κ2) is 8.27. The summed E-state index contributed by atoms with van der Waals surface area (Å²) in [5.41, 5.74) is 2.46. The summed E-state index contributed by atoms with van der Waals surface area (Å²) in [6.45, 7) is 0. The van der Waals surface area contributed by atoms with Crippen molar-refractivity contribution in [2.45, 2.75) is 12.5 Å². The Morgan fingerprint density at radius 3 is 2.66 bits per heavy atom. The van der Waals surface area contributed by atoms with Crippen molar-refractivity contribution in [2.75, 3.05) is 14.2 Å². The van der Waals surface area contributed by atoms with Gasteiger partial charge in [0.2, 0.25) is 0 Å². The number of carbonyl (C=O) groups is 1. The number of methoxy groups -OCH3 is 2. The number of carbonyl (C=O) groups excluding carboxylic acids is 1. The minimum Gasteiger partial charge on any atom is -0.497 e. The van der Waals surface area contributed by atoms with Gasteiger partial charge in [0.15, 0.2) is 0 Å². The Balaban J connectivity index is 1.77. The van der Waals surface area contributed by atoms with E-state index in [0.29, 0.717) is 27.8 Å². The molecule has 2 aromatic carbocycles. The van der Waals surface area contributed by atoms with Crippen molar-refractivity contribution in [3.8, 4) is 11.5 Å². The van der Waals surface area contributed by atoms with Crippen LogP contribution in [0.25, 0.3) is 0 Å². The topological polar surface area (TPSA) is 51.1 Å². The van der Waals surface area contributed by atoms with E-state index in [-0.39, 0.29) is 11.9 Å². The third-order valence-electron chi connectivity index (χ3n) is 4.83. The summed E-state index contributed by atoms with van der Waals surface area (Å²) in [6, 6.07) is 16.5. The van der Waals surface area contributed by atoms with Crippen molar-refractivity contribution in [1.82, 2.24) is 5.01 Å². The fourth-order valence-corrected chi connectivity index (χ4v) is 4.31. The Morgan fingerprint density at radius 1 is 1.14 bits per heavy atom. The van der Waals surface area contributed by atoms with Gasteiger partial charge < -0.3 is 9.47 Å². The van der Waals surface area contributed by atoms with E-state index in [9.17, 15) is 4.79 Å². The number of hydrazone groups is 1. The third-order valence-corrected chi connectivity index (χ3v) is 6.04. The lowest BCUT2D eigenvalue weighted by molar-refractivity contribution is 0.0716. The van der Waals surface area contributed by atoms with Crippen LogP contribution < -0.4 is 9.47 Å². The molecule has 0 aliphatic carbocycles. The summed E-state index contributed by atoms with van der Waals surface area (Å²) in [6.07, 6.45) is 0.531. The Morgan fingerprint density at radius 2 is 1.97 bits per heavy atom. The Labute approximate surface area is 178 Å². The van der Waals surface area contributed by atoms with Crippen LogP contribution in [0, 0.1) is 0 Å². The second-order valence-electron chi connectivity index (χ2n) is 6.48. The van der Waals surface area contributed by atoms with Crippen molar-refractivity contribution in [3.05, 3.63) is 81.0 Å². The maximum atomic E-state index is 13.2. The largest absolute Gasteiger partial charge is 0.497 e. The van der Waals surface area contributed by atoms with Gasteiger partial charge in [-0.2, -0.15) is 5.10 Å². The van der Waals surface area contributed by atoms with E-state index < -0.39 is 0 Å². The zero-order valence-corrected chi connectivity index (χ0v) is 17.5. The predicted molar refractivity (Wildman–Crippen MR) is 115 cm³/mol. The molecule has 1 aliphatic rings. The van der Waals surface area contributed by atoms with E-state index in [1.165, 1.54) is 16.3 Å². The Kier molecular flexibility index (Phi) is 5.56. The molecular formula is C22H19ClN2O3S. The molecule has 0 radical (unpaired) electrons. The van der Waals surface area contributed by atoms with Crippen LogP contribution in [0.1, 0.15) is 33.3 Å². The molecule has 0 saturated carbocycles. The van der Waals surface area contributed by atoms with Crippen molar-refractivity contribution >= 4 is 34.6 Å². The molecule has 1 atom stereocenters. The molecule has 7 heteroatoms. The van der Waals surface area contributed by atoms with Crippen LogP contribution in [0.4, 0.5) is 0 Å². The van der Waals surface area contributed by atoms with E-state index in [0.717, 1.165) is 16.8 Å². The van der Waals surface area contributed by atoms with Crippen molar-refractivity contribution in [3.63, 3.8) is 0 Å². The molecule has 0 N–H and O–H groups in total. The molecular weight excluding hydrogens is 408 g/mol. The van der Waals surface area contributed by atoms with Crippen molar-refractivity contribution in [1.29, 1.82) is 0 Å². The van der Waals surface area contributed by atoms with Crippen LogP contribution in [0.2, 0.25) is 5.02 Å². The van der Waals surface area contributed by atoms with Gasteiger partial charge in [0.05, 0.1) is 30.9 Å². The molecule has 0 fully saturated rings. The molecule has 1 amide bonds. The molecule has 148 valence electrons. The van der Waals surface area contributed by atoms with Crippen LogP contribution in [0.15, 0.2) is 65.1 Å². The van der Waals surface area contributed by atoms with E-state index in [1.54, 1.807) is 20.3 Å². The molecule has 5 nitrogen and oxygen atoms in total. The number of ether oxygens (including phenoxy) is 2. The van der Waals surface area contributed by atoms with Gasteiger partial charge in [0.1, 0.15) is 11.5 Å². The Bertz CT molecular complexity index is 1070. The zero-order valence-electron chi connectivity index (χ0n) is 16.0. The number of halogens is 1. The highest BCUT2D eigenvalue weighted by atomic mass is 35.5. The van der Waals surface area contributed by atoms with Gasteiger partial charge >= 0.3 is 0 Å². The molecule has 3 aromatic rings. The number of hydrogen-bond donors (Lipinski definition) is 0. The summed E-state index contributed by atoms with van der Waals surface area (Å²) in [4.78, 5) is 13.8. The average molecular weight is 427 g/mol. The van der Waals surface area contributed by atoms with E-state index >= 15 is 0 Å². The van der Waals surface area contributed by atoms with Crippen molar-refractivity contribution < 1.29 is 14.3 Å². The van der Waals surface area contributed by atoms with Gasteiger partial charge in [-0.25, -0.2) is 5.01 Å². The lowest BCUT2D eigenvalue weighted by Crippen LogP contribution is -2.26. The molecule has 29 heavy (non-hydrogen) atoms. The van der Waals surface area contributed by atoms with Crippen LogP contribution in [0.3, 0.4) is 0 Å². The van der Waals surface area contributed by atoms with Crippen molar-refractivity contribution in [2.24, 2.45) is 5.10 Å². The molecule has 2 heterocycles. The molecule has 1 aliphatic heterocycles. The highest BCUT2D eigenvalue weighted by Gasteiger charge is 2.35. The number of amides is 1. The summed E-state index contributed by atoms with van der Waals surface area (Å²) in [5.74, 6) is 1.19. The number of nitrogens with zero attached hydrogens (tertiary/aromatic N) is 2. The summed E-state index contributed by atoms with van der Waals surface area (Å²) < 4.78 is 10.8. The van der Waals surface area contributed by atoms with Gasteiger partial charge in [0, 0.05) is 23.1 Å². The molecule has 0 saturated heterocycles. The standard InChI is InChI=1S/C22H19ClN2O3S/c1-27-14-9-10-16(20(12-14)28-2)18-13-19(15-6-3-4-7-17(15)23)25(24-18)22(26)21-8-5-11-29-21/h3-12,19H,13H2,1-2H3. The smallest absolute Gasteiger partial charge is 0.284 e. The van der Waals surface area contributed by atoms with Crippen LogP contribution in [-0.2, 0) is 0 Å². The van der Waals surface area contributed by atoms with Crippen LogP contribution in [-0.4, -0.2) is 30.8 Å². The predicted octanol–water partition coefficient (Wildman–Crippen LogP) is 5.41. The van der Waals surface area contributed by atoms with Gasteiger partial charge in [-0.15, -0.1) is 11.3 Å². The Hall–Kier alpha value is -2.83. The first-order chi connectivity index (χ1) is 14.1. The molecule has 0 spiro atoms. The van der Waals surface area contributed by atoms with Gasteiger partial charge in [-0.1, -0.05) is 35.9 Å². The number of thiophene rings is 1. The highest BCUT2D eigenvalue weighted by Crippen LogP contribution is 2.39. The van der Waals surface area contributed by atoms with Gasteiger partial charge in [-0.3, -0.25) is 4.79 Å². The lowest BCUT2D eigenvalue weighted by Gasteiger charge is -2.22. The summed E-state index contributed by atoms with van der Waals surface area (Å²) >= 11 is 7.86.